The van der Waals surface area contributed by atoms with Crippen LogP contribution in [0.4, 0.5) is 18.9 Å². The zero-order valence-corrected chi connectivity index (χ0v) is 16.2. The van der Waals surface area contributed by atoms with E-state index in [9.17, 15) is 18.0 Å². The van der Waals surface area contributed by atoms with Crippen molar-refractivity contribution < 1.29 is 18.0 Å². The molecule has 0 aliphatic carbocycles. The van der Waals surface area contributed by atoms with Gasteiger partial charge in [-0.1, -0.05) is 60.7 Å². The molecule has 1 amide bonds. The lowest BCUT2D eigenvalue weighted by Crippen LogP contribution is -2.24. The second kappa shape index (κ2) is 8.12. The minimum absolute atomic E-state index is 0.246. The molecule has 0 heterocycles. The number of alkyl halides is 3. The molecule has 0 unspecified atom stereocenters. The number of carbonyl (C=O) groups excluding carboxylic acids is 1. The lowest BCUT2D eigenvalue weighted by molar-refractivity contribution is -0.137. The van der Waals surface area contributed by atoms with Gasteiger partial charge in [-0.2, -0.15) is 13.2 Å². The highest BCUT2D eigenvalue weighted by molar-refractivity contribution is 14.1. The van der Waals surface area contributed by atoms with Gasteiger partial charge in [0.2, 0.25) is 5.91 Å². The van der Waals surface area contributed by atoms with E-state index in [2.05, 4.69) is 5.32 Å². The van der Waals surface area contributed by atoms with Crippen LogP contribution < -0.4 is 5.32 Å². The van der Waals surface area contributed by atoms with E-state index >= 15 is 0 Å². The molecule has 0 aliphatic heterocycles. The Kier molecular flexibility index (Phi) is 5.84. The van der Waals surface area contributed by atoms with Gasteiger partial charge in [0.05, 0.1) is 17.2 Å². The minimum atomic E-state index is -4.56. The quantitative estimate of drug-likeness (QED) is 0.450. The van der Waals surface area contributed by atoms with Crippen LogP contribution in [0.2, 0.25) is 0 Å². The number of nitrogens with one attached hydrogen (secondary N) is 1. The Bertz CT molecular complexity index is 888. The third kappa shape index (κ3) is 4.68. The number of anilines is 1. The highest BCUT2D eigenvalue weighted by Gasteiger charge is 2.35. The van der Waals surface area contributed by atoms with E-state index < -0.39 is 23.6 Å². The third-order valence-corrected chi connectivity index (χ3v) is 4.74. The second-order valence-electron chi connectivity index (χ2n) is 5.93. The first kappa shape index (κ1) is 19.4. The lowest BCUT2D eigenvalue weighted by atomic mass is 9.90. The summed E-state index contributed by atoms with van der Waals surface area (Å²) < 4.78 is 40.6. The first-order valence-electron chi connectivity index (χ1n) is 8.14. The predicted molar refractivity (Wildman–Crippen MR) is 108 cm³/mol. The number of hydrogen-bond donors (Lipinski definition) is 1. The molecule has 0 fully saturated rings. The zero-order chi connectivity index (χ0) is 19.4. The monoisotopic (exact) mass is 481 g/mol. The average molecular weight is 481 g/mol. The van der Waals surface area contributed by atoms with Crippen molar-refractivity contribution in [3.05, 3.63) is 99.1 Å². The van der Waals surface area contributed by atoms with Crippen molar-refractivity contribution in [2.24, 2.45) is 0 Å². The molecular weight excluding hydrogens is 466 g/mol. The van der Waals surface area contributed by atoms with Crippen LogP contribution in [-0.4, -0.2) is 5.91 Å². The van der Waals surface area contributed by atoms with Gasteiger partial charge in [-0.05, 0) is 51.9 Å². The van der Waals surface area contributed by atoms with Crippen LogP contribution in [0.5, 0.6) is 0 Å². The molecule has 0 saturated heterocycles. The maximum absolute atomic E-state index is 13.4. The molecule has 1 N–H and O–H groups in total. The third-order valence-electron chi connectivity index (χ3n) is 4.07. The molecule has 3 aromatic carbocycles. The van der Waals surface area contributed by atoms with E-state index in [-0.39, 0.29) is 5.69 Å². The SMILES string of the molecule is O=C(Nc1ccc(I)cc1C(F)(F)F)C(c1ccccc1)c1ccccc1. The topological polar surface area (TPSA) is 29.1 Å². The summed E-state index contributed by atoms with van der Waals surface area (Å²) >= 11 is 1.82. The fourth-order valence-electron chi connectivity index (χ4n) is 2.85. The van der Waals surface area contributed by atoms with Gasteiger partial charge < -0.3 is 5.32 Å². The summed E-state index contributed by atoms with van der Waals surface area (Å²) in [5, 5.41) is 2.48. The second-order valence-corrected chi connectivity index (χ2v) is 7.18. The molecule has 6 heteroatoms. The molecule has 2 nitrogen and oxygen atoms in total. The minimum Gasteiger partial charge on any atom is -0.325 e. The van der Waals surface area contributed by atoms with Crippen LogP contribution in [0.15, 0.2) is 78.9 Å². The summed E-state index contributed by atoms with van der Waals surface area (Å²) in [6, 6.07) is 21.8. The van der Waals surface area contributed by atoms with Gasteiger partial charge in [-0.3, -0.25) is 4.79 Å². The molecule has 138 valence electrons. The van der Waals surface area contributed by atoms with E-state index in [1.165, 1.54) is 12.1 Å². The molecule has 0 atom stereocenters. The van der Waals surface area contributed by atoms with Gasteiger partial charge in [0.25, 0.3) is 0 Å². The van der Waals surface area contributed by atoms with E-state index in [0.29, 0.717) is 14.7 Å². The first-order valence-corrected chi connectivity index (χ1v) is 9.21. The highest BCUT2D eigenvalue weighted by atomic mass is 127. The first-order chi connectivity index (χ1) is 12.9. The van der Waals surface area contributed by atoms with Crippen LogP contribution in [0, 0.1) is 3.57 Å². The Balaban J connectivity index is 2.00. The number of carbonyl (C=O) groups is 1. The molecule has 3 rings (SSSR count). The Morgan fingerprint density at radius 1 is 0.852 bits per heavy atom. The van der Waals surface area contributed by atoms with Crippen molar-refractivity contribution in [2.45, 2.75) is 12.1 Å². The van der Waals surface area contributed by atoms with E-state index in [4.69, 9.17) is 0 Å². The standard InChI is InChI=1S/C21H15F3INO/c22-21(23,24)17-13-16(25)11-12-18(17)26-20(27)19(14-7-3-1-4-8-14)15-9-5-2-6-10-15/h1-13,19H,(H,26,27). The molecule has 0 saturated carbocycles. The highest BCUT2D eigenvalue weighted by Crippen LogP contribution is 2.36. The number of hydrogen-bond acceptors (Lipinski definition) is 1. The van der Waals surface area contributed by atoms with Gasteiger partial charge in [0.15, 0.2) is 0 Å². The van der Waals surface area contributed by atoms with Crippen molar-refractivity contribution in [3.63, 3.8) is 0 Å². The van der Waals surface area contributed by atoms with Crippen LogP contribution in [0.3, 0.4) is 0 Å². The number of benzene rings is 3. The number of rotatable bonds is 4. The van der Waals surface area contributed by atoms with Gasteiger partial charge in [-0.15, -0.1) is 0 Å². The van der Waals surface area contributed by atoms with Crippen molar-refractivity contribution in [3.8, 4) is 0 Å². The summed E-state index contributed by atoms with van der Waals surface area (Å²) in [5.41, 5.74) is 0.313. The molecule has 0 aliphatic rings. The summed E-state index contributed by atoms with van der Waals surface area (Å²) in [6.07, 6.45) is -4.56. The van der Waals surface area contributed by atoms with Crippen LogP contribution in [0.25, 0.3) is 0 Å². The zero-order valence-electron chi connectivity index (χ0n) is 14.0. The maximum Gasteiger partial charge on any atom is 0.418 e. The van der Waals surface area contributed by atoms with Gasteiger partial charge in [-0.25, -0.2) is 0 Å². The largest absolute Gasteiger partial charge is 0.418 e. The molecule has 27 heavy (non-hydrogen) atoms. The summed E-state index contributed by atoms with van der Waals surface area (Å²) in [6.45, 7) is 0. The molecule has 0 bridgehead atoms. The molecule has 0 aromatic heterocycles. The van der Waals surface area contributed by atoms with Crippen molar-refractivity contribution in [2.75, 3.05) is 5.32 Å². The molecule has 3 aromatic rings. The summed E-state index contributed by atoms with van der Waals surface area (Å²) in [5.74, 6) is -1.23. The lowest BCUT2D eigenvalue weighted by Gasteiger charge is -2.20. The fraction of sp³-hybridized carbons (Fsp3) is 0.0952. The smallest absolute Gasteiger partial charge is 0.325 e. The predicted octanol–water partition coefficient (Wildman–Crippen LogP) is 6.08. The van der Waals surface area contributed by atoms with Crippen LogP contribution in [0.1, 0.15) is 22.6 Å². The molecule has 0 radical (unpaired) electrons. The van der Waals surface area contributed by atoms with Crippen molar-refractivity contribution in [1.29, 1.82) is 0 Å². The summed E-state index contributed by atoms with van der Waals surface area (Å²) in [4.78, 5) is 13.0. The average Bonchev–Trinajstić information content (AvgIpc) is 2.64. The fourth-order valence-corrected chi connectivity index (χ4v) is 3.34. The summed E-state index contributed by atoms with van der Waals surface area (Å²) in [7, 11) is 0. The van der Waals surface area contributed by atoms with Crippen molar-refractivity contribution in [1.82, 2.24) is 0 Å². The normalized spacial score (nSPS) is 11.4. The molecule has 0 spiro atoms. The van der Waals surface area contributed by atoms with Gasteiger partial charge in [0, 0.05) is 3.57 Å². The van der Waals surface area contributed by atoms with Crippen LogP contribution >= 0.6 is 22.6 Å². The Morgan fingerprint density at radius 3 is 1.85 bits per heavy atom. The Morgan fingerprint density at radius 2 is 1.37 bits per heavy atom. The Hall–Kier alpha value is -2.35. The van der Waals surface area contributed by atoms with Crippen LogP contribution in [-0.2, 0) is 11.0 Å². The molecular formula is C21H15F3INO. The maximum atomic E-state index is 13.4. The van der Waals surface area contributed by atoms with Gasteiger partial charge >= 0.3 is 6.18 Å². The Labute approximate surface area is 168 Å². The van der Waals surface area contributed by atoms with Crippen molar-refractivity contribution >= 4 is 34.2 Å². The van der Waals surface area contributed by atoms with E-state index in [0.717, 1.165) is 6.07 Å². The van der Waals surface area contributed by atoms with Gasteiger partial charge in [0.1, 0.15) is 0 Å². The van der Waals surface area contributed by atoms with E-state index in [1.807, 2.05) is 34.7 Å². The number of halogens is 4. The number of amides is 1. The van der Waals surface area contributed by atoms with E-state index in [1.54, 1.807) is 48.5 Å².